The van der Waals surface area contributed by atoms with Crippen LogP contribution >= 0.6 is 39.1 Å². The molecule has 208 valence electrons. The van der Waals surface area contributed by atoms with E-state index in [1.807, 2.05) is 13.8 Å². The fourth-order valence-electron chi connectivity index (χ4n) is 3.99. The van der Waals surface area contributed by atoms with Crippen molar-refractivity contribution >= 4 is 66.7 Å². The van der Waals surface area contributed by atoms with Gasteiger partial charge in [-0.3, -0.25) is 13.9 Å². The van der Waals surface area contributed by atoms with Crippen molar-refractivity contribution in [3.63, 3.8) is 0 Å². The third-order valence-electron chi connectivity index (χ3n) is 5.90. The van der Waals surface area contributed by atoms with Gasteiger partial charge in [-0.15, -0.1) is 0 Å². The maximum Gasteiger partial charge on any atom is 0.264 e. The first-order chi connectivity index (χ1) is 18.4. The van der Waals surface area contributed by atoms with E-state index in [0.29, 0.717) is 27.7 Å². The summed E-state index contributed by atoms with van der Waals surface area (Å²) in [6.45, 7) is 4.90. The minimum Gasteiger partial charge on any atom is -0.352 e. The summed E-state index contributed by atoms with van der Waals surface area (Å²) in [6.07, 6.45) is 0.305. The quantitative estimate of drug-likeness (QED) is 0.264. The van der Waals surface area contributed by atoms with Crippen LogP contribution in [0.3, 0.4) is 0 Å². The number of rotatable bonds is 11. The molecule has 0 saturated carbocycles. The lowest BCUT2D eigenvalue weighted by atomic mass is 10.1. The van der Waals surface area contributed by atoms with Crippen LogP contribution in [0.2, 0.25) is 10.0 Å². The number of anilines is 1. The number of nitrogens with zero attached hydrogens (tertiary/aromatic N) is 2. The first kappa shape index (κ1) is 30.9. The van der Waals surface area contributed by atoms with Gasteiger partial charge in [0.05, 0.1) is 10.6 Å². The van der Waals surface area contributed by atoms with Crippen LogP contribution in [0.25, 0.3) is 0 Å². The van der Waals surface area contributed by atoms with Gasteiger partial charge in [0.2, 0.25) is 11.8 Å². The molecule has 3 aromatic carbocycles. The van der Waals surface area contributed by atoms with Crippen molar-refractivity contribution in [2.24, 2.45) is 0 Å². The molecule has 0 fully saturated rings. The van der Waals surface area contributed by atoms with Crippen LogP contribution in [0.1, 0.15) is 32.8 Å². The van der Waals surface area contributed by atoms with Crippen molar-refractivity contribution in [3.05, 3.63) is 92.9 Å². The summed E-state index contributed by atoms with van der Waals surface area (Å²) in [6, 6.07) is 18.4. The second-order valence-electron chi connectivity index (χ2n) is 9.15. The number of carbonyl (C=O) groups excluding carboxylic acids is 2. The fourth-order valence-corrected chi connectivity index (χ4v) is 6.16. The van der Waals surface area contributed by atoms with Crippen LogP contribution in [-0.4, -0.2) is 43.8 Å². The largest absolute Gasteiger partial charge is 0.352 e. The highest BCUT2D eigenvalue weighted by Gasteiger charge is 2.34. The number of hydrogen-bond acceptors (Lipinski definition) is 4. The predicted octanol–water partition coefficient (Wildman–Crippen LogP) is 6.28. The standard InChI is InChI=1S/C28H30BrCl2N3O4S/c1-4-26(28(36)32-19(2)3)33(17-20-10-13-22(30)16-25(20)31)27(35)18-34(23-14-11-21(29)12-15-23)39(37,38)24-8-6-5-7-9-24/h5-16,19,26H,4,17-18H2,1-3H3,(H,32,36). The molecular weight excluding hydrogens is 625 g/mol. The third-order valence-corrected chi connectivity index (χ3v) is 8.80. The minimum absolute atomic E-state index is 0.0155. The number of amides is 2. The molecule has 0 spiro atoms. The van der Waals surface area contributed by atoms with E-state index < -0.39 is 28.5 Å². The van der Waals surface area contributed by atoms with E-state index in [1.165, 1.54) is 17.0 Å². The summed E-state index contributed by atoms with van der Waals surface area (Å²) in [4.78, 5) is 28.6. The highest BCUT2D eigenvalue weighted by atomic mass is 79.9. The van der Waals surface area contributed by atoms with E-state index in [-0.39, 0.29) is 23.4 Å². The number of halogens is 3. The Morgan fingerprint density at radius 1 is 0.974 bits per heavy atom. The topological polar surface area (TPSA) is 86.8 Å². The Bertz CT molecular complexity index is 1400. The van der Waals surface area contributed by atoms with Crippen molar-refractivity contribution in [3.8, 4) is 0 Å². The third kappa shape index (κ3) is 7.97. The van der Waals surface area contributed by atoms with Crippen molar-refractivity contribution in [2.75, 3.05) is 10.8 Å². The van der Waals surface area contributed by atoms with E-state index in [9.17, 15) is 18.0 Å². The monoisotopic (exact) mass is 653 g/mol. The SMILES string of the molecule is CCC(C(=O)NC(C)C)N(Cc1ccc(Cl)cc1Cl)C(=O)CN(c1ccc(Br)cc1)S(=O)(=O)c1ccccc1. The molecule has 0 saturated heterocycles. The minimum atomic E-state index is -4.13. The predicted molar refractivity (Wildman–Crippen MR) is 159 cm³/mol. The zero-order valence-corrected chi connectivity index (χ0v) is 25.7. The Morgan fingerprint density at radius 3 is 2.18 bits per heavy atom. The molecule has 7 nitrogen and oxygen atoms in total. The highest BCUT2D eigenvalue weighted by Crippen LogP contribution is 2.27. The molecular formula is C28H30BrCl2N3O4S. The molecule has 3 aromatic rings. The molecule has 0 heterocycles. The summed E-state index contributed by atoms with van der Waals surface area (Å²) in [5.41, 5.74) is 0.880. The first-order valence-corrected chi connectivity index (χ1v) is 15.3. The van der Waals surface area contributed by atoms with Crippen molar-refractivity contribution in [2.45, 2.75) is 50.7 Å². The Labute approximate surface area is 248 Å². The van der Waals surface area contributed by atoms with Gasteiger partial charge in [0.25, 0.3) is 10.0 Å². The molecule has 1 atom stereocenters. The van der Waals surface area contributed by atoms with E-state index in [0.717, 1.165) is 8.78 Å². The van der Waals surface area contributed by atoms with Gasteiger partial charge >= 0.3 is 0 Å². The van der Waals surface area contributed by atoms with E-state index in [2.05, 4.69) is 21.2 Å². The van der Waals surface area contributed by atoms with Gasteiger partial charge in [-0.25, -0.2) is 8.42 Å². The average molecular weight is 655 g/mol. The molecule has 0 bridgehead atoms. The molecule has 0 aromatic heterocycles. The summed E-state index contributed by atoms with van der Waals surface area (Å²) in [7, 11) is -4.13. The van der Waals surface area contributed by atoms with Crippen LogP contribution in [-0.2, 0) is 26.2 Å². The maximum absolute atomic E-state index is 14.0. The van der Waals surface area contributed by atoms with Gasteiger partial charge in [0, 0.05) is 27.1 Å². The molecule has 39 heavy (non-hydrogen) atoms. The van der Waals surface area contributed by atoms with E-state index in [4.69, 9.17) is 23.2 Å². The Kier molecular flexibility index (Phi) is 10.8. The summed E-state index contributed by atoms with van der Waals surface area (Å²) in [5, 5.41) is 3.63. The summed E-state index contributed by atoms with van der Waals surface area (Å²) in [5.74, 6) is -0.902. The molecule has 0 radical (unpaired) electrons. The number of benzene rings is 3. The van der Waals surface area contributed by atoms with Gasteiger partial charge in [-0.1, -0.05) is 70.3 Å². The second-order valence-corrected chi connectivity index (χ2v) is 12.8. The molecule has 0 aliphatic heterocycles. The van der Waals surface area contributed by atoms with Crippen LogP contribution in [0, 0.1) is 0 Å². The summed E-state index contributed by atoms with van der Waals surface area (Å²) >= 11 is 15.9. The van der Waals surface area contributed by atoms with Gasteiger partial charge < -0.3 is 10.2 Å². The second kappa shape index (κ2) is 13.7. The fraction of sp³-hybridized carbons (Fsp3) is 0.286. The normalized spacial score (nSPS) is 12.2. The maximum atomic E-state index is 14.0. The van der Waals surface area contributed by atoms with Crippen LogP contribution in [0.15, 0.2) is 82.2 Å². The molecule has 0 aliphatic carbocycles. The number of nitrogens with one attached hydrogen (secondary N) is 1. The number of sulfonamides is 1. The molecule has 1 N–H and O–H groups in total. The van der Waals surface area contributed by atoms with Gasteiger partial charge in [-0.05, 0) is 74.4 Å². The van der Waals surface area contributed by atoms with Gasteiger partial charge in [0.15, 0.2) is 0 Å². The highest BCUT2D eigenvalue weighted by molar-refractivity contribution is 9.10. The molecule has 0 aliphatic rings. The number of carbonyl (C=O) groups is 2. The van der Waals surface area contributed by atoms with Crippen molar-refractivity contribution < 1.29 is 18.0 Å². The Hall–Kier alpha value is -2.59. The van der Waals surface area contributed by atoms with Crippen LogP contribution in [0.4, 0.5) is 5.69 Å². The zero-order valence-electron chi connectivity index (χ0n) is 21.8. The Balaban J connectivity index is 2.07. The smallest absolute Gasteiger partial charge is 0.264 e. The number of hydrogen-bond donors (Lipinski definition) is 1. The summed E-state index contributed by atoms with van der Waals surface area (Å²) < 4.78 is 29.4. The molecule has 1 unspecified atom stereocenters. The van der Waals surface area contributed by atoms with Crippen LogP contribution < -0.4 is 9.62 Å². The molecule has 2 amide bonds. The lowest BCUT2D eigenvalue weighted by Crippen LogP contribution is -2.53. The van der Waals surface area contributed by atoms with Crippen molar-refractivity contribution in [1.82, 2.24) is 10.2 Å². The lowest BCUT2D eigenvalue weighted by Gasteiger charge is -2.33. The zero-order chi connectivity index (χ0) is 28.7. The van der Waals surface area contributed by atoms with E-state index in [1.54, 1.807) is 67.6 Å². The van der Waals surface area contributed by atoms with Gasteiger partial charge in [-0.2, -0.15) is 0 Å². The van der Waals surface area contributed by atoms with Gasteiger partial charge in [0.1, 0.15) is 12.6 Å². The first-order valence-electron chi connectivity index (χ1n) is 12.3. The molecule has 11 heteroatoms. The average Bonchev–Trinajstić information content (AvgIpc) is 2.89. The molecule has 3 rings (SSSR count). The van der Waals surface area contributed by atoms with Crippen molar-refractivity contribution in [1.29, 1.82) is 0 Å². The van der Waals surface area contributed by atoms with E-state index >= 15 is 0 Å². The van der Waals surface area contributed by atoms with Crippen LogP contribution in [0.5, 0.6) is 0 Å². The lowest BCUT2D eigenvalue weighted by molar-refractivity contribution is -0.140. The Morgan fingerprint density at radius 2 is 1.62 bits per heavy atom.